The second kappa shape index (κ2) is 22.0. The maximum atomic E-state index is 13.8. The summed E-state index contributed by atoms with van der Waals surface area (Å²) in [6.45, 7) is 10.3. The number of hydrogen-bond acceptors (Lipinski definition) is 10. The van der Waals surface area contributed by atoms with Crippen LogP contribution in [0.1, 0.15) is 84.8 Å². The molecule has 0 aliphatic rings. The molecule has 2 aromatic rings. The molecule has 3 atom stereocenters. The zero-order chi connectivity index (χ0) is 41.2. The molecule has 0 radical (unpaired) electrons. The van der Waals surface area contributed by atoms with E-state index in [2.05, 4.69) is 21.3 Å². The van der Waals surface area contributed by atoms with Crippen molar-refractivity contribution in [2.24, 2.45) is 0 Å². The molecule has 55 heavy (non-hydrogen) atoms. The third-order valence-electron chi connectivity index (χ3n) is 7.65. The van der Waals surface area contributed by atoms with Crippen molar-refractivity contribution < 1.29 is 47.8 Å². The normalized spacial score (nSPS) is 12.9. The average Bonchev–Trinajstić information content (AvgIpc) is 3.10. The van der Waals surface area contributed by atoms with E-state index in [9.17, 15) is 33.6 Å². The molecule has 0 saturated heterocycles. The molecule has 0 fully saturated rings. The molecule has 0 spiro atoms. The maximum absolute atomic E-state index is 13.8. The molecule has 15 nitrogen and oxygen atoms in total. The van der Waals surface area contributed by atoms with Crippen LogP contribution in [0.15, 0.2) is 60.7 Å². The first-order valence-electron chi connectivity index (χ1n) is 18.3. The van der Waals surface area contributed by atoms with Gasteiger partial charge in [0.2, 0.25) is 17.6 Å². The van der Waals surface area contributed by atoms with E-state index in [1.807, 2.05) is 6.07 Å². The first kappa shape index (κ1) is 45.7. The summed E-state index contributed by atoms with van der Waals surface area (Å²) in [6, 6.07) is 13.9. The smallest absolute Gasteiger partial charge is 0.408 e. The summed E-state index contributed by atoms with van der Waals surface area (Å²) in [4.78, 5) is 93.1. The van der Waals surface area contributed by atoms with Gasteiger partial charge in [-0.1, -0.05) is 60.7 Å². The molecule has 0 aliphatic carbocycles. The zero-order valence-electron chi connectivity index (χ0n) is 33.2. The number of nitrogens with zero attached hydrogens (tertiary/aromatic N) is 1. The second-order valence-electron chi connectivity index (χ2n) is 15.2. The molecule has 4 N–H and O–H groups in total. The van der Waals surface area contributed by atoms with Crippen molar-refractivity contribution in [2.45, 2.75) is 116 Å². The number of esters is 1. The standard InChI is InChI=1S/C40H57N5O10/c1-39(2,3)54-32(46)23-22-30(44-38(52)53-26-28-19-13-10-14-20-28)34(48)42-29(21-15-16-24-41-37(51)55-40(4,5)6)33(47)35(49)43-31(36(50)45(7)8)25-27-17-11-9-12-18-27/h9-14,17-20,29-31H,15-16,21-26H2,1-8H3,(H,41,51)(H,42,48)(H,43,49)(H,44,52)/t29-,30-,31-/m0/s1. The first-order chi connectivity index (χ1) is 25.7. The summed E-state index contributed by atoms with van der Waals surface area (Å²) >= 11 is 0. The van der Waals surface area contributed by atoms with Gasteiger partial charge in [0.15, 0.2) is 0 Å². The highest BCUT2D eigenvalue weighted by Gasteiger charge is 2.33. The molecule has 5 amide bonds. The molecule has 0 aromatic heterocycles. The Labute approximate surface area is 323 Å². The number of benzene rings is 2. The second-order valence-corrected chi connectivity index (χ2v) is 15.2. The predicted molar refractivity (Wildman–Crippen MR) is 204 cm³/mol. The van der Waals surface area contributed by atoms with Gasteiger partial charge < -0.3 is 40.4 Å². The minimum absolute atomic E-state index is 0.0454. The van der Waals surface area contributed by atoms with E-state index in [1.165, 1.54) is 19.0 Å². The van der Waals surface area contributed by atoms with E-state index in [-0.39, 0.29) is 45.3 Å². The third-order valence-corrected chi connectivity index (χ3v) is 7.65. The van der Waals surface area contributed by atoms with Gasteiger partial charge in [0.1, 0.15) is 29.9 Å². The molecule has 0 aliphatic heterocycles. The van der Waals surface area contributed by atoms with Crippen molar-refractivity contribution in [3.05, 3.63) is 71.8 Å². The Kier molecular flexibility index (Phi) is 18.3. The lowest BCUT2D eigenvalue weighted by Gasteiger charge is -2.25. The summed E-state index contributed by atoms with van der Waals surface area (Å²) in [7, 11) is 3.05. The highest BCUT2D eigenvalue weighted by Crippen LogP contribution is 2.13. The minimum Gasteiger partial charge on any atom is -0.460 e. The van der Waals surface area contributed by atoms with Gasteiger partial charge in [0.25, 0.3) is 5.91 Å². The number of carbonyl (C=O) groups excluding carboxylic acids is 7. The Bertz CT molecular complexity index is 1590. The number of nitrogens with one attached hydrogen (secondary N) is 4. The van der Waals surface area contributed by atoms with E-state index in [0.717, 1.165) is 5.56 Å². The Morgan fingerprint density at radius 3 is 1.80 bits per heavy atom. The van der Waals surface area contributed by atoms with Gasteiger partial charge in [0.05, 0.1) is 6.04 Å². The van der Waals surface area contributed by atoms with E-state index in [1.54, 1.807) is 96.1 Å². The van der Waals surface area contributed by atoms with Crippen LogP contribution in [-0.4, -0.2) is 96.5 Å². The highest BCUT2D eigenvalue weighted by atomic mass is 16.6. The van der Waals surface area contributed by atoms with Crippen molar-refractivity contribution in [3.8, 4) is 0 Å². The fraction of sp³-hybridized carbons (Fsp3) is 0.525. The van der Waals surface area contributed by atoms with Gasteiger partial charge in [-0.15, -0.1) is 0 Å². The van der Waals surface area contributed by atoms with E-state index >= 15 is 0 Å². The van der Waals surface area contributed by atoms with Gasteiger partial charge in [-0.25, -0.2) is 9.59 Å². The summed E-state index contributed by atoms with van der Waals surface area (Å²) in [5, 5.41) is 10.2. The quantitative estimate of drug-likeness (QED) is 0.0703. The molecule has 2 rings (SSSR count). The Balaban J connectivity index is 2.29. The maximum Gasteiger partial charge on any atom is 0.408 e. The molecule has 0 heterocycles. The number of carbonyl (C=O) groups is 7. The fourth-order valence-electron chi connectivity index (χ4n) is 5.10. The topological polar surface area (TPSA) is 199 Å². The van der Waals surface area contributed by atoms with Crippen molar-refractivity contribution in [3.63, 3.8) is 0 Å². The molecule has 0 unspecified atom stereocenters. The summed E-state index contributed by atoms with van der Waals surface area (Å²) in [5.74, 6) is -4.06. The molecule has 0 bridgehead atoms. The molecule has 302 valence electrons. The highest BCUT2D eigenvalue weighted by molar-refractivity contribution is 6.38. The predicted octanol–water partition coefficient (Wildman–Crippen LogP) is 3.97. The van der Waals surface area contributed by atoms with Crippen LogP contribution in [0.2, 0.25) is 0 Å². The molecule has 0 saturated carbocycles. The van der Waals surface area contributed by atoms with Gasteiger partial charge in [0, 0.05) is 33.5 Å². The monoisotopic (exact) mass is 767 g/mol. The third kappa shape index (κ3) is 18.9. The number of unbranched alkanes of at least 4 members (excludes halogenated alkanes) is 1. The lowest BCUT2D eigenvalue weighted by molar-refractivity contribution is -0.155. The molecule has 2 aromatic carbocycles. The zero-order valence-corrected chi connectivity index (χ0v) is 33.2. The number of rotatable bonds is 19. The van der Waals surface area contributed by atoms with E-state index < -0.39 is 71.0 Å². The number of alkyl carbamates (subject to hydrolysis) is 2. The lowest BCUT2D eigenvalue weighted by atomic mass is 10.0. The van der Waals surface area contributed by atoms with E-state index in [4.69, 9.17) is 14.2 Å². The molecular weight excluding hydrogens is 710 g/mol. The van der Waals surface area contributed by atoms with Crippen molar-refractivity contribution in [1.29, 1.82) is 0 Å². The first-order valence-corrected chi connectivity index (χ1v) is 18.3. The van der Waals surface area contributed by atoms with Crippen LogP contribution in [0, 0.1) is 0 Å². The Morgan fingerprint density at radius 1 is 0.655 bits per heavy atom. The SMILES string of the molecule is CN(C)C(=O)[C@H](Cc1ccccc1)NC(=O)C(=O)[C@H](CCCCNC(=O)OC(C)(C)C)NC(=O)[C@H](CCC(=O)OC(C)(C)C)NC(=O)OCc1ccccc1. The number of ether oxygens (including phenoxy) is 3. The van der Waals surface area contributed by atoms with Crippen LogP contribution in [0.25, 0.3) is 0 Å². The molecule has 15 heteroatoms. The van der Waals surface area contributed by atoms with Crippen molar-refractivity contribution in [1.82, 2.24) is 26.2 Å². The van der Waals surface area contributed by atoms with Gasteiger partial charge in [-0.2, -0.15) is 0 Å². The van der Waals surface area contributed by atoms with Gasteiger partial charge >= 0.3 is 18.2 Å². The average molecular weight is 768 g/mol. The van der Waals surface area contributed by atoms with Crippen LogP contribution in [0.5, 0.6) is 0 Å². The number of ketones is 1. The van der Waals surface area contributed by atoms with E-state index in [0.29, 0.717) is 12.0 Å². The summed E-state index contributed by atoms with van der Waals surface area (Å²) in [5.41, 5.74) is -0.0561. The van der Waals surface area contributed by atoms with Crippen LogP contribution in [0.3, 0.4) is 0 Å². The fourth-order valence-corrected chi connectivity index (χ4v) is 5.10. The summed E-state index contributed by atoms with van der Waals surface area (Å²) < 4.78 is 15.9. The number of hydrogen-bond donors (Lipinski definition) is 4. The number of likely N-dealkylation sites (N-methyl/N-ethyl adjacent to an activating group) is 1. The van der Waals surface area contributed by atoms with Crippen LogP contribution in [0.4, 0.5) is 9.59 Å². The Hall–Kier alpha value is -5.47. The van der Waals surface area contributed by atoms with Crippen LogP contribution in [-0.2, 0) is 51.2 Å². The number of Topliss-reactive ketones (excluding diaryl/α,β-unsaturated/α-hetero) is 1. The number of amides is 5. The summed E-state index contributed by atoms with van der Waals surface area (Å²) in [6.07, 6.45) is -1.39. The van der Waals surface area contributed by atoms with Crippen LogP contribution < -0.4 is 21.3 Å². The van der Waals surface area contributed by atoms with Crippen LogP contribution >= 0.6 is 0 Å². The van der Waals surface area contributed by atoms with Crippen molar-refractivity contribution in [2.75, 3.05) is 20.6 Å². The van der Waals surface area contributed by atoms with Gasteiger partial charge in [-0.05, 0) is 78.4 Å². The largest absolute Gasteiger partial charge is 0.460 e. The lowest BCUT2D eigenvalue weighted by Crippen LogP contribution is -2.56. The van der Waals surface area contributed by atoms with Gasteiger partial charge in [-0.3, -0.25) is 24.0 Å². The van der Waals surface area contributed by atoms with Crippen molar-refractivity contribution >= 4 is 41.7 Å². The molecular formula is C40H57N5O10. The Morgan fingerprint density at radius 2 is 1.24 bits per heavy atom. The minimum atomic E-state index is -1.41.